The van der Waals surface area contributed by atoms with E-state index in [4.69, 9.17) is 21.4 Å². The largest absolute Gasteiger partial charge is 0.463 e. The van der Waals surface area contributed by atoms with E-state index in [1.807, 2.05) is 6.07 Å². The van der Waals surface area contributed by atoms with Crippen molar-refractivity contribution < 1.29 is 9.15 Å². The number of ether oxygens (including phenoxy) is 1. The smallest absolute Gasteiger partial charge is 0.187 e. The Morgan fingerprint density at radius 3 is 3.05 bits per heavy atom. The number of thiocarbonyl (C=S) groups is 1. The van der Waals surface area contributed by atoms with Crippen molar-refractivity contribution in [3.63, 3.8) is 0 Å². The molecule has 1 aromatic heterocycles. The number of nitrogens with one attached hydrogen (secondary N) is 2. The molecule has 1 aliphatic heterocycles. The molecule has 2 rings (SSSR count). The summed E-state index contributed by atoms with van der Waals surface area (Å²) in [7, 11) is 0. The van der Waals surface area contributed by atoms with Gasteiger partial charge in [0.25, 0.3) is 0 Å². The summed E-state index contributed by atoms with van der Waals surface area (Å²) in [6.45, 7) is 5.35. The second-order valence-electron chi connectivity index (χ2n) is 4.10. The van der Waals surface area contributed by atoms with E-state index >= 15 is 0 Å². The molecular weight excluding hydrogens is 264 g/mol. The minimum Gasteiger partial charge on any atom is -0.463 e. The minimum absolute atomic E-state index is 0.510. The third kappa shape index (κ3) is 5.37. The molecule has 0 spiro atoms. The van der Waals surface area contributed by atoms with Gasteiger partial charge in [0.2, 0.25) is 0 Å². The Hall–Kier alpha value is -1.44. The molecule has 2 N–H and O–H groups in total. The van der Waals surface area contributed by atoms with E-state index in [9.17, 15) is 0 Å². The highest BCUT2D eigenvalue weighted by molar-refractivity contribution is 7.80. The lowest BCUT2D eigenvalue weighted by molar-refractivity contribution is 0.0389. The standard InChI is InChI=1S/C12H18N4O2S/c19-12(15-14-10-11-2-1-7-18-11)13-3-4-16-5-8-17-9-6-16/h1-2,7,10H,3-6,8-9H2,(H2,13,15,19)/b14-10-. The molecule has 19 heavy (non-hydrogen) atoms. The van der Waals surface area contributed by atoms with Crippen molar-refractivity contribution in [3.8, 4) is 0 Å². The number of morpholine rings is 1. The van der Waals surface area contributed by atoms with Gasteiger partial charge in [-0.2, -0.15) is 5.10 Å². The van der Waals surface area contributed by atoms with Crippen molar-refractivity contribution in [2.45, 2.75) is 0 Å². The molecule has 0 amide bonds. The molecular formula is C12H18N4O2S. The van der Waals surface area contributed by atoms with Crippen LogP contribution < -0.4 is 10.7 Å². The van der Waals surface area contributed by atoms with Gasteiger partial charge in [0.05, 0.1) is 25.7 Å². The summed E-state index contributed by atoms with van der Waals surface area (Å²) in [5.41, 5.74) is 2.75. The molecule has 0 aliphatic carbocycles. The van der Waals surface area contributed by atoms with Crippen molar-refractivity contribution in [2.75, 3.05) is 39.4 Å². The summed E-state index contributed by atoms with van der Waals surface area (Å²) < 4.78 is 10.4. The highest BCUT2D eigenvalue weighted by atomic mass is 32.1. The van der Waals surface area contributed by atoms with E-state index in [2.05, 4.69) is 20.7 Å². The van der Waals surface area contributed by atoms with Crippen LogP contribution in [0.15, 0.2) is 27.9 Å². The first-order chi connectivity index (χ1) is 9.34. The van der Waals surface area contributed by atoms with Crippen LogP contribution in [0.25, 0.3) is 0 Å². The van der Waals surface area contributed by atoms with Crippen LogP contribution in [-0.2, 0) is 4.74 Å². The zero-order chi connectivity index (χ0) is 13.3. The second kappa shape index (κ2) is 7.88. The lowest BCUT2D eigenvalue weighted by Gasteiger charge is -2.26. The molecule has 0 bridgehead atoms. The Bertz CT molecular complexity index is 402. The summed E-state index contributed by atoms with van der Waals surface area (Å²) in [6.07, 6.45) is 3.18. The topological polar surface area (TPSA) is 62.0 Å². The first-order valence-electron chi connectivity index (χ1n) is 6.25. The quantitative estimate of drug-likeness (QED) is 0.463. The van der Waals surface area contributed by atoms with E-state index in [-0.39, 0.29) is 0 Å². The number of hydrazone groups is 1. The SMILES string of the molecule is S=C(NCCN1CCOCC1)N/N=C\c1ccco1. The van der Waals surface area contributed by atoms with Crippen molar-refractivity contribution in [1.82, 2.24) is 15.6 Å². The summed E-state index contributed by atoms with van der Waals surface area (Å²) in [5.74, 6) is 0.684. The maximum atomic E-state index is 5.29. The maximum Gasteiger partial charge on any atom is 0.187 e. The highest BCUT2D eigenvalue weighted by Gasteiger charge is 2.09. The van der Waals surface area contributed by atoms with Gasteiger partial charge in [0, 0.05) is 26.2 Å². The number of hydrogen-bond donors (Lipinski definition) is 2. The predicted octanol–water partition coefficient (Wildman–Crippen LogP) is 0.410. The van der Waals surface area contributed by atoms with Crippen LogP contribution in [0.1, 0.15) is 5.76 Å². The van der Waals surface area contributed by atoms with Gasteiger partial charge in [-0.15, -0.1) is 0 Å². The molecule has 7 heteroatoms. The van der Waals surface area contributed by atoms with Crippen LogP contribution in [0.2, 0.25) is 0 Å². The van der Waals surface area contributed by atoms with Gasteiger partial charge < -0.3 is 14.5 Å². The van der Waals surface area contributed by atoms with Gasteiger partial charge in [-0.05, 0) is 24.4 Å². The molecule has 1 fully saturated rings. The third-order valence-electron chi connectivity index (χ3n) is 2.72. The Kier molecular flexibility index (Phi) is 5.80. The third-order valence-corrected chi connectivity index (χ3v) is 2.95. The zero-order valence-electron chi connectivity index (χ0n) is 10.7. The van der Waals surface area contributed by atoms with E-state index in [1.54, 1.807) is 18.5 Å². The molecule has 6 nitrogen and oxygen atoms in total. The summed E-state index contributed by atoms with van der Waals surface area (Å²) >= 11 is 5.11. The van der Waals surface area contributed by atoms with Gasteiger partial charge in [-0.3, -0.25) is 10.3 Å². The Morgan fingerprint density at radius 2 is 2.32 bits per heavy atom. The van der Waals surface area contributed by atoms with Crippen LogP contribution in [0, 0.1) is 0 Å². The van der Waals surface area contributed by atoms with Crippen molar-refractivity contribution in [1.29, 1.82) is 0 Å². The van der Waals surface area contributed by atoms with E-state index < -0.39 is 0 Å². The molecule has 2 heterocycles. The van der Waals surface area contributed by atoms with Gasteiger partial charge in [-0.1, -0.05) is 0 Å². The lowest BCUT2D eigenvalue weighted by atomic mass is 10.4. The first kappa shape index (κ1) is 14.0. The van der Waals surface area contributed by atoms with Gasteiger partial charge in [0.15, 0.2) is 5.11 Å². The first-order valence-corrected chi connectivity index (χ1v) is 6.66. The molecule has 1 aliphatic rings. The van der Waals surface area contributed by atoms with Gasteiger partial charge in [-0.25, -0.2) is 0 Å². The Morgan fingerprint density at radius 1 is 1.47 bits per heavy atom. The molecule has 0 atom stereocenters. The van der Waals surface area contributed by atoms with Crippen LogP contribution >= 0.6 is 12.2 Å². The Labute approximate surface area is 117 Å². The van der Waals surface area contributed by atoms with Crippen LogP contribution in [0.4, 0.5) is 0 Å². The predicted molar refractivity (Wildman–Crippen MR) is 77.3 cm³/mol. The fourth-order valence-corrected chi connectivity index (χ4v) is 1.87. The molecule has 104 valence electrons. The highest BCUT2D eigenvalue weighted by Crippen LogP contribution is 1.95. The van der Waals surface area contributed by atoms with Gasteiger partial charge >= 0.3 is 0 Å². The van der Waals surface area contributed by atoms with Crippen molar-refractivity contribution in [3.05, 3.63) is 24.2 Å². The van der Waals surface area contributed by atoms with Crippen molar-refractivity contribution >= 4 is 23.5 Å². The van der Waals surface area contributed by atoms with Crippen LogP contribution in [0.3, 0.4) is 0 Å². The Balaban J connectivity index is 1.56. The van der Waals surface area contributed by atoms with Crippen LogP contribution in [0.5, 0.6) is 0 Å². The zero-order valence-corrected chi connectivity index (χ0v) is 11.5. The minimum atomic E-state index is 0.510. The average Bonchev–Trinajstić information content (AvgIpc) is 2.93. The lowest BCUT2D eigenvalue weighted by Crippen LogP contribution is -2.42. The number of hydrogen-bond acceptors (Lipinski definition) is 5. The monoisotopic (exact) mass is 282 g/mol. The van der Waals surface area contributed by atoms with Crippen LogP contribution in [-0.4, -0.2) is 55.6 Å². The van der Waals surface area contributed by atoms with E-state index in [0.29, 0.717) is 10.9 Å². The number of rotatable bonds is 5. The molecule has 0 radical (unpaired) electrons. The van der Waals surface area contributed by atoms with E-state index in [1.165, 1.54) is 0 Å². The molecule has 1 saturated heterocycles. The summed E-state index contributed by atoms with van der Waals surface area (Å²) in [5, 5.41) is 7.59. The maximum absolute atomic E-state index is 5.29. The summed E-state index contributed by atoms with van der Waals surface area (Å²) in [6, 6.07) is 3.63. The van der Waals surface area contributed by atoms with E-state index in [0.717, 1.165) is 39.4 Å². The molecule has 0 saturated carbocycles. The number of furan rings is 1. The van der Waals surface area contributed by atoms with Gasteiger partial charge in [0.1, 0.15) is 5.76 Å². The second-order valence-corrected chi connectivity index (χ2v) is 4.50. The number of nitrogens with zero attached hydrogens (tertiary/aromatic N) is 2. The average molecular weight is 282 g/mol. The normalized spacial score (nSPS) is 16.6. The molecule has 1 aromatic rings. The molecule has 0 aromatic carbocycles. The fraction of sp³-hybridized carbons (Fsp3) is 0.500. The molecule has 0 unspecified atom stereocenters. The van der Waals surface area contributed by atoms with Crippen molar-refractivity contribution in [2.24, 2.45) is 5.10 Å². The fourth-order valence-electron chi connectivity index (χ4n) is 1.71. The summed E-state index contributed by atoms with van der Waals surface area (Å²) in [4.78, 5) is 2.34.